The van der Waals surface area contributed by atoms with Crippen molar-refractivity contribution < 1.29 is 0 Å². The minimum absolute atomic E-state index is 0.172. The van der Waals surface area contributed by atoms with Gasteiger partial charge in [0.1, 0.15) is 5.82 Å². The summed E-state index contributed by atoms with van der Waals surface area (Å²) in [5.74, 6) is 1.04. The second-order valence-corrected chi connectivity index (χ2v) is 4.79. The lowest BCUT2D eigenvalue weighted by Gasteiger charge is -2.16. The average Bonchev–Trinajstić information content (AvgIpc) is 2.85. The molecule has 3 aromatic rings. The topological polar surface area (TPSA) is 29.9 Å². The predicted molar refractivity (Wildman–Crippen MR) is 79.2 cm³/mol. The number of fused-ring (bicyclic) bond motifs is 1. The number of nitrogens with zero attached hydrogens (tertiary/aromatic N) is 2. The van der Waals surface area contributed by atoms with Gasteiger partial charge in [0.2, 0.25) is 0 Å². The lowest BCUT2D eigenvalue weighted by molar-refractivity contribution is 0.722. The van der Waals surface area contributed by atoms with Crippen LogP contribution in [-0.4, -0.2) is 9.55 Å². The van der Waals surface area contributed by atoms with Gasteiger partial charge in [-0.2, -0.15) is 0 Å². The predicted octanol–water partition coefficient (Wildman–Crippen LogP) is 3.75. The third kappa shape index (κ3) is 2.19. The van der Waals surface area contributed by atoms with E-state index >= 15 is 0 Å². The van der Waals surface area contributed by atoms with E-state index in [-0.39, 0.29) is 6.04 Å². The zero-order chi connectivity index (χ0) is 13.2. The van der Waals surface area contributed by atoms with Gasteiger partial charge in [-0.15, -0.1) is 0 Å². The minimum Gasteiger partial charge on any atom is -0.375 e. The van der Waals surface area contributed by atoms with E-state index in [0.717, 1.165) is 11.5 Å². The number of nitrogens with one attached hydrogen (secondary N) is 1. The summed E-state index contributed by atoms with van der Waals surface area (Å²) in [6.45, 7) is 2.13. The van der Waals surface area contributed by atoms with Gasteiger partial charge in [0.25, 0.3) is 0 Å². The molecule has 0 amide bonds. The maximum atomic E-state index is 4.39. The molecule has 0 fully saturated rings. The Balaban J connectivity index is 1.96. The number of aromatic nitrogens is 2. The Morgan fingerprint density at radius 1 is 1.11 bits per heavy atom. The monoisotopic (exact) mass is 251 g/mol. The van der Waals surface area contributed by atoms with Crippen molar-refractivity contribution in [2.45, 2.75) is 13.0 Å². The summed E-state index contributed by atoms with van der Waals surface area (Å²) in [5.41, 5.74) is 1.15. The molecule has 3 heteroatoms. The van der Waals surface area contributed by atoms with E-state index in [9.17, 15) is 0 Å². The van der Waals surface area contributed by atoms with Crippen LogP contribution in [0.1, 0.15) is 18.8 Å². The molecule has 1 atom stereocenters. The first-order chi connectivity index (χ1) is 9.25. The van der Waals surface area contributed by atoms with Crippen molar-refractivity contribution in [2.24, 2.45) is 7.05 Å². The third-order valence-electron chi connectivity index (χ3n) is 3.41. The molecule has 3 nitrogen and oxygen atoms in total. The number of benzene rings is 2. The van der Waals surface area contributed by atoms with Gasteiger partial charge < -0.3 is 9.88 Å². The minimum atomic E-state index is 0.172. The van der Waals surface area contributed by atoms with E-state index in [4.69, 9.17) is 0 Å². The number of imidazole rings is 1. The first-order valence-electron chi connectivity index (χ1n) is 6.47. The van der Waals surface area contributed by atoms with Gasteiger partial charge in [-0.3, -0.25) is 0 Å². The van der Waals surface area contributed by atoms with Crippen molar-refractivity contribution in [1.29, 1.82) is 0 Å². The Labute approximate surface area is 112 Å². The van der Waals surface area contributed by atoms with Gasteiger partial charge in [-0.05, 0) is 18.4 Å². The third-order valence-corrected chi connectivity index (χ3v) is 3.41. The fraction of sp³-hybridized carbons (Fsp3) is 0.188. The molecule has 1 N–H and O–H groups in total. The first-order valence-corrected chi connectivity index (χ1v) is 6.47. The van der Waals surface area contributed by atoms with Crippen LogP contribution in [0.25, 0.3) is 10.8 Å². The van der Waals surface area contributed by atoms with Crippen LogP contribution in [0.5, 0.6) is 0 Å². The van der Waals surface area contributed by atoms with E-state index in [1.165, 1.54) is 10.8 Å². The molecule has 2 aromatic carbocycles. The number of anilines is 1. The highest BCUT2D eigenvalue weighted by atomic mass is 15.1. The summed E-state index contributed by atoms with van der Waals surface area (Å²) < 4.78 is 2.04. The molecule has 1 unspecified atom stereocenters. The van der Waals surface area contributed by atoms with E-state index in [1.807, 2.05) is 24.0 Å². The molecule has 0 bridgehead atoms. The lowest BCUT2D eigenvalue weighted by Crippen LogP contribution is -2.12. The summed E-state index contributed by atoms with van der Waals surface area (Å²) in [4.78, 5) is 4.39. The summed E-state index contributed by atoms with van der Waals surface area (Å²) in [5, 5.41) is 6.04. The van der Waals surface area contributed by atoms with Crippen LogP contribution in [0.15, 0.2) is 54.9 Å². The number of hydrogen-bond acceptors (Lipinski definition) is 2. The van der Waals surface area contributed by atoms with E-state index in [2.05, 4.69) is 59.7 Å². The van der Waals surface area contributed by atoms with Gasteiger partial charge in [0, 0.05) is 30.5 Å². The highest BCUT2D eigenvalue weighted by molar-refractivity contribution is 5.93. The van der Waals surface area contributed by atoms with Gasteiger partial charge in [0.05, 0.1) is 6.04 Å². The molecular weight excluding hydrogens is 234 g/mol. The summed E-state index contributed by atoms with van der Waals surface area (Å²) >= 11 is 0. The molecule has 3 rings (SSSR count). The lowest BCUT2D eigenvalue weighted by atomic mass is 10.1. The fourth-order valence-electron chi connectivity index (χ4n) is 2.44. The molecule has 0 saturated carbocycles. The second-order valence-electron chi connectivity index (χ2n) is 4.79. The van der Waals surface area contributed by atoms with Crippen molar-refractivity contribution in [3.05, 3.63) is 60.7 Å². The fourth-order valence-corrected chi connectivity index (χ4v) is 2.44. The highest BCUT2D eigenvalue weighted by Gasteiger charge is 2.11. The Morgan fingerprint density at radius 3 is 2.68 bits per heavy atom. The Kier molecular flexibility index (Phi) is 2.95. The van der Waals surface area contributed by atoms with Crippen molar-refractivity contribution >= 4 is 16.5 Å². The van der Waals surface area contributed by atoms with Gasteiger partial charge >= 0.3 is 0 Å². The molecule has 0 saturated heterocycles. The Morgan fingerprint density at radius 2 is 1.89 bits per heavy atom. The summed E-state index contributed by atoms with van der Waals surface area (Å²) in [6.07, 6.45) is 3.80. The van der Waals surface area contributed by atoms with Crippen molar-refractivity contribution in [1.82, 2.24) is 9.55 Å². The molecule has 0 aliphatic carbocycles. The zero-order valence-corrected chi connectivity index (χ0v) is 11.2. The molecule has 1 heterocycles. The molecule has 0 aliphatic rings. The maximum absolute atomic E-state index is 4.39. The normalized spacial score (nSPS) is 12.5. The van der Waals surface area contributed by atoms with E-state index in [0.29, 0.717) is 0 Å². The number of hydrogen-bond donors (Lipinski definition) is 1. The summed E-state index contributed by atoms with van der Waals surface area (Å²) in [6, 6.07) is 14.9. The second kappa shape index (κ2) is 4.76. The van der Waals surface area contributed by atoms with Gasteiger partial charge in [0.15, 0.2) is 0 Å². The van der Waals surface area contributed by atoms with E-state index in [1.54, 1.807) is 0 Å². The summed E-state index contributed by atoms with van der Waals surface area (Å²) in [7, 11) is 2.02. The maximum Gasteiger partial charge on any atom is 0.130 e. The van der Waals surface area contributed by atoms with Gasteiger partial charge in [-0.25, -0.2) is 4.98 Å². The molecule has 19 heavy (non-hydrogen) atoms. The Bertz CT molecular complexity index is 695. The van der Waals surface area contributed by atoms with Crippen molar-refractivity contribution in [3.8, 4) is 0 Å². The average molecular weight is 251 g/mol. The van der Waals surface area contributed by atoms with Crippen LogP contribution < -0.4 is 5.32 Å². The smallest absolute Gasteiger partial charge is 0.130 e. The highest BCUT2D eigenvalue weighted by Crippen LogP contribution is 2.26. The van der Waals surface area contributed by atoms with Gasteiger partial charge in [-0.1, -0.05) is 36.4 Å². The molecule has 0 spiro atoms. The molecule has 0 radical (unpaired) electrons. The van der Waals surface area contributed by atoms with Crippen LogP contribution in [0.3, 0.4) is 0 Å². The Hall–Kier alpha value is -2.29. The molecule has 0 aliphatic heterocycles. The van der Waals surface area contributed by atoms with E-state index < -0.39 is 0 Å². The SMILES string of the molecule is CC(Nc1cccc2ccccc12)c1nccn1C. The van der Waals surface area contributed by atoms with Crippen LogP contribution in [0.2, 0.25) is 0 Å². The number of aryl methyl sites for hydroxylation is 1. The van der Waals surface area contributed by atoms with Crippen LogP contribution in [0, 0.1) is 0 Å². The number of rotatable bonds is 3. The molecule has 1 aromatic heterocycles. The van der Waals surface area contributed by atoms with Crippen LogP contribution >= 0.6 is 0 Å². The quantitative estimate of drug-likeness (QED) is 0.768. The largest absolute Gasteiger partial charge is 0.375 e. The van der Waals surface area contributed by atoms with Crippen LogP contribution in [-0.2, 0) is 7.05 Å². The molecular formula is C16H17N3. The van der Waals surface area contributed by atoms with Crippen LogP contribution in [0.4, 0.5) is 5.69 Å². The first kappa shape index (κ1) is 11.8. The molecule has 96 valence electrons. The zero-order valence-electron chi connectivity index (χ0n) is 11.2. The van der Waals surface area contributed by atoms with Crippen molar-refractivity contribution in [3.63, 3.8) is 0 Å². The standard InChI is InChI=1S/C16H17N3/c1-12(16-17-10-11-19(16)2)18-15-9-5-7-13-6-3-4-8-14(13)15/h3-12,18H,1-2H3. The van der Waals surface area contributed by atoms with Crippen molar-refractivity contribution in [2.75, 3.05) is 5.32 Å².